The third kappa shape index (κ3) is 13.4. The van der Waals surface area contributed by atoms with Crippen molar-refractivity contribution >= 4 is 109 Å². The van der Waals surface area contributed by atoms with Gasteiger partial charge in [-0.25, -0.2) is 25.3 Å². The first-order chi connectivity index (χ1) is 33.8. The summed E-state index contributed by atoms with van der Waals surface area (Å²) in [6.45, 7) is 3.30. The number of azo groups is 4. The Balaban J connectivity index is 0.00000347. The number of rotatable bonds is 12. The van der Waals surface area contributed by atoms with Crippen LogP contribution in [0.1, 0.15) is 11.1 Å². The number of anilines is 2. The minimum absolute atomic E-state index is 0. The van der Waals surface area contributed by atoms with Gasteiger partial charge in [0.1, 0.15) is 64.6 Å². The van der Waals surface area contributed by atoms with Crippen LogP contribution in [0.5, 0.6) is 23.0 Å². The van der Waals surface area contributed by atoms with Crippen LogP contribution in [0.4, 0.5) is 56.9 Å². The number of phenolic OH excluding ortho intramolecular Hbond substituents is 4. The molecular weight excluding hydrogens is 1070 g/mol. The molecule has 0 atom stereocenters. The number of hydrogen-bond donors (Lipinski definition) is 6. The van der Waals surface area contributed by atoms with Crippen molar-refractivity contribution in [1.29, 1.82) is 0 Å². The van der Waals surface area contributed by atoms with E-state index in [2.05, 4.69) is 40.9 Å². The molecule has 75 heavy (non-hydrogen) atoms. The Morgan fingerprint density at radius 1 is 0.427 bits per heavy atom. The molecule has 0 spiro atoms. The molecule has 29 heteroatoms. The van der Waals surface area contributed by atoms with Crippen molar-refractivity contribution in [3.8, 4) is 34.1 Å². The number of phenols is 4. The van der Waals surface area contributed by atoms with E-state index >= 15 is 0 Å². The smallest absolute Gasteiger partial charge is 0.744 e. The molecule has 0 saturated carbocycles. The summed E-state index contributed by atoms with van der Waals surface area (Å²) in [4.78, 5) is -2.85. The zero-order valence-electron chi connectivity index (χ0n) is 39.9. The molecule has 0 heterocycles. The van der Waals surface area contributed by atoms with Crippen molar-refractivity contribution in [2.75, 3.05) is 11.5 Å². The second-order valence-electron chi connectivity index (χ2n) is 15.7. The Morgan fingerprint density at radius 2 is 0.867 bits per heavy atom. The zero-order valence-corrected chi connectivity index (χ0v) is 48.3. The number of nitrogens with zero attached hydrogens (tertiary/aromatic N) is 8. The van der Waals surface area contributed by atoms with Gasteiger partial charge in [0.2, 0.25) is 0 Å². The van der Waals surface area contributed by atoms with Crippen LogP contribution in [0.3, 0.4) is 0 Å². The van der Waals surface area contributed by atoms with Gasteiger partial charge in [-0.15, -0.1) is 25.6 Å². The van der Waals surface area contributed by atoms with E-state index in [1.165, 1.54) is 54.6 Å². The number of nitrogens with two attached hydrogens (primary N) is 2. The summed E-state index contributed by atoms with van der Waals surface area (Å²) in [5, 5.41) is 73.8. The molecule has 0 aliphatic carbocycles. The molecule has 8 N–H and O–H groups in total. The van der Waals surface area contributed by atoms with Gasteiger partial charge >= 0.3 is 88.7 Å². The maximum atomic E-state index is 12.5. The van der Waals surface area contributed by atoms with Gasteiger partial charge in [-0.3, -0.25) is 0 Å². The molecule has 0 fully saturated rings. The molecule has 8 aromatic carbocycles. The number of nitrogen functional groups attached to an aromatic ring is 2. The van der Waals surface area contributed by atoms with E-state index in [1.54, 1.807) is 44.2 Å². The third-order valence-corrected chi connectivity index (χ3v) is 13.3. The quantitative estimate of drug-likeness (QED) is 0.0438. The number of aromatic hydroxyl groups is 4. The van der Waals surface area contributed by atoms with Crippen LogP contribution in [0.15, 0.2) is 171 Å². The molecule has 23 nitrogen and oxygen atoms in total. The van der Waals surface area contributed by atoms with Crippen LogP contribution in [-0.4, -0.2) is 59.3 Å². The third-order valence-electron chi connectivity index (χ3n) is 10.8. The Morgan fingerprint density at radius 3 is 1.33 bits per heavy atom. The van der Waals surface area contributed by atoms with Crippen LogP contribution < -0.4 is 100 Å². The van der Waals surface area contributed by atoms with Crippen LogP contribution in [0, 0.1) is 13.8 Å². The fraction of sp³-hybridized carbons (Fsp3) is 0.0435. The average Bonchev–Trinajstić information content (AvgIpc) is 3.29. The summed E-state index contributed by atoms with van der Waals surface area (Å²) in [5.41, 5.74) is 13.0. The van der Waals surface area contributed by atoms with E-state index in [4.69, 9.17) is 11.5 Å². The predicted octanol–water partition coefficient (Wildman–Crippen LogP) is 1.65. The minimum Gasteiger partial charge on any atom is -0.744 e. The molecule has 0 bridgehead atoms. The van der Waals surface area contributed by atoms with Crippen LogP contribution in [0.25, 0.3) is 32.7 Å². The topological polar surface area (TPSA) is 403 Å². The molecule has 8 aromatic rings. The van der Waals surface area contributed by atoms with Crippen molar-refractivity contribution < 1.29 is 148 Å². The largest absolute Gasteiger partial charge is 1.00 e. The molecule has 0 amide bonds. The van der Waals surface area contributed by atoms with Crippen molar-refractivity contribution in [2.45, 2.75) is 28.5 Å². The van der Waals surface area contributed by atoms with Crippen molar-refractivity contribution in [2.24, 2.45) is 40.9 Å². The summed E-state index contributed by atoms with van der Waals surface area (Å²) in [5.74, 6) is -1.93. The Kier molecular flexibility index (Phi) is 18.9. The summed E-state index contributed by atoms with van der Waals surface area (Å²) >= 11 is 0. The first-order valence-electron chi connectivity index (χ1n) is 20.4. The van der Waals surface area contributed by atoms with Crippen molar-refractivity contribution in [1.82, 2.24) is 0 Å². The molecule has 0 aromatic heterocycles. The maximum Gasteiger partial charge on any atom is 1.00 e. The van der Waals surface area contributed by atoms with Crippen LogP contribution in [-0.2, 0) is 30.4 Å². The maximum absolute atomic E-state index is 12.5. The van der Waals surface area contributed by atoms with Gasteiger partial charge < -0.3 is 45.6 Å². The summed E-state index contributed by atoms with van der Waals surface area (Å²) in [6.07, 6.45) is 0. The molecule has 0 saturated heterocycles. The predicted molar refractivity (Wildman–Crippen MR) is 258 cm³/mol. The first kappa shape index (κ1) is 60.1. The minimum atomic E-state index is -5.46. The molecule has 8 rings (SSSR count). The van der Waals surface area contributed by atoms with Crippen molar-refractivity contribution in [3.63, 3.8) is 0 Å². The zero-order chi connectivity index (χ0) is 52.0. The monoisotopic (exact) mass is 1100 g/mol. The number of fused-ring (bicyclic) bond motifs is 2. The standard InChI is InChI=1S/C46H36N10O13S3.3Na/c1-22-13-24(4-9-35(22)50-55-43-40(71(64,65)66)16-26-3-6-28(18-32(26)45(43)59)49-52-37-11-7-29(57)19-33(37)47)25-5-10-36(23(2)14-25)51-56-44-41(72(67,68)69)17-27-15-31(70(61,62)63)21-39(42(27)46(44)60)54-53-38-12-8-30(58)20-34(38)48;;;/h3-21,57-60H,47-48H2,1-2H3,(H,61,62,63)(H,64,65,66)(H,67,68,69);;;/q;3*+1/p-3. The fourth-order valence-electron chi connectivity index (χ4n) is 7.21. The van der Waals surface area contributed by atoms with E-state index in [-0.39, 0.29) is 156 Å². The van der Waals surface area contributed by atoms with Gasteiger partial charge in [0.05, 0.1) is 54.2 Å². The van der Waals surface area contributed by atoms with E-state index in [1.807, 2.05) is 0 Å². The van der Waals surface area contributed by atoms with Crippen LogP contribution in [0.2, 0.25) is 0 Å². The van der Waals surface area contributed by atoms with E-state index in [9.17, 15) is 59.3 Å². The molecule has 366 valence electrons. The average molecular weight is 1100 g/mol. The van der Waals surface area contributed by atoms with Crippen LogP contribution >= 0.6 is 0 Å². The number of hydrogen-bond acceptors (Lipinski definition) is 23. The Bertz CT molecular complexity index is 4090. The molecule has 0 aliphatic heterocycles. The van der Waals surface area contributed by atoms with E-state index in [0.717, 1.165) is 24.3 Å². The Hall–Kier alpha value is -5.79. The van der Waals surface area contributed by atoms with Gasteiger partial charge in [0.15, 0.2) is 11.5 Å². The molecule has 0 radical (unpaired) electrons. The first-order valence-corrected chi connectivity index (χ1v) is 24.6. The normalized spacial score (nSPS) is 12.2. The summed E-state index contributed by atoms with van der Waals surface area (Å²) in [7, 11) is -15.9. The fourth-order valence-corrected chi connectivity index (χ4v) is 9.03. The Labute approximate surface area is 493 Å². The molecule has 0 unspecified atom stereocenters. The second kappa shape index (κ2) is 23.6. The SMILES string of the molecule is Cc1cc(-c2ccc(N=Nc3c(S(=O)(=O)[O-])cc4cc(S(=O)(=O)[O-])cc(N=Nc5ccc(O)cc5N)c4c3O)c(C)c2)ccc1N=Nc1c(S(=O)(=O)[O-])cc2ccc(N=Nc3ccc(O)cc3N)cc2c1O.[Na+].[Na+].[Na+]. The van der Waals surface area contributed by atoms with Gasteiger partial charge in [0.25, 0.3) is 0 Å². The summed E-state index contributed by atoms with van der Waals surface area (Å²) < 4.78 is 111. The van der Waals surface area contributed by atoms with E-state index in [0.29, 0.717) is 28.3 Å². The van der Waals surface area contributed by atoms with Crippen molar-refractivity contribution in [3.05, 3.63) is 126 Å². The number of aryl methyl sites for hydroxylation is 2. The van der Waals surface area contributed by atoms with Gasteiger partial charge in [0, 0.05) is 17.5 Å². The molecule has 0 aliphatic rings. The number of benzene rings is 8. The van der Waals surface area contributed by atoms with Gasteiger partial charge in [-0.05, 0) is 132 Å². The molecular formula is C46H33N10Na3O13S3. The van der Waals surface area contributed by atoms with Gasteiger partial charge in [-0.1, -0.05) is 18.2 Å². The van der Waals surface area contributed by atoms with E-state index < -0.39 is 79.0 Å². The van der Waals surface area contributed by atoms with Gasteiger partial charge in [-0.2, -0.15) is 15.3 Å². The summed E-state index contributed by atoms with van der Waals surface area (Å²) in [6, 6.07) is 24.9. The second-order valence-corrected chi connectivity index (χ2v) is 19.8.